The molecule has 0 aliphatic heterocycles. The number of aryl methyl sites for hydroxylation is 1. The Kier molecular flexibility index (Phi) is 5.13. The predicted molar refractivity (Wildman–Crippen MR) is 93.1 cm³/mol. The predicted octanol–water partition coefficient (Wildman–Crippen LogP) is 2.93. The second-order valence-electron chi connectivity index (χ2n) is 5.84. The van der Waals surface area contributed by atoms with Gasteiger partial charge in [-0.15, -0.1) is 0 Å². The third-order valence-corrected chi connectivity index (χ3v) is 3.86. The lowest BCUT2D eigenvalue weighted by atomic mass is 10.2. The number of benzene rings is 2. The van der Waals surface area contributed by atoms with Gasteiger partial charge in [0.05, 0.1) is 17.6 Å². The molecule has 0 fully saturated rings. The van der Waals surface area contributed by atoms with Crippen molar-refractivity contribution >= 4 is 11.0 Å². The monoisotopic (exact) mass is 326 g/mol. The maximum Gasteiger partial charge on any atom is 0.136 e. The lowest BCUT2D eigenvalue weighted by Crippen LogP contribution is -2.24. The summed E-state index contributed by atoms with van der Waals surface area (Å²) in [5, 5.41) is 10.4. The summed E-state index contributed by atoms with van der Waals surface area (Å²) in [5.74, 6) is 1.56. The molecule has 0 spiro atoms. The lowest BCUT2D eigenvalue weighted by Gasteiger charge is -2.15. The Labute approximate surface area is 141 Å². The number of hydrogen-bond donors (Lipinski definition) is 1. The molecule has 0 aliphatic rings. The van der Waals surface area contributed by atoms with Gasteiger partial charge in [-0.2, -0.15) is 0 Å². The van der Waals surface area contributed by atoms with Crippen molar-refractivity contribution in [3.05, 3.63) is 59.9 Å². The van der Waals surface area contributed by atoms with Gasteiger partial charge in [-0.25, -0.2) is 4.98 Å². The molecule has 0 unspecified atom stereocenters. The van der Waals surface area contributed by atoms with Crippen LogP contribution >= 0.6 is 0 Å². The number of methoxy groups -OCH3 is 1. The number of ether oxygens (including phenoxy) is 2. The molecule has 0 amide bonds. The Morgan fingerprint density at radius 1 is 1.12 bits per heavy atom. The van der Waals surface area contributed by atoms with Crippen LogP contribution in [-0.2, 0) is 17.9 Å². The van der Waals surface area contributed by atoms with Crippen LogP contribution < -0.4 is 4.74 Å². The van der Waals surface area contributed by atoms with Crippen LogP contribution in [0.4, 0.5) is 0 Å². The van der Waals surface area contributed by atoms with Gasteiger partial charge in [-0.3, -0.25) is 0 Å². The van der Waals surface area contributed by atoms with Crippen LogP contribution in [0.2, 0.25) is 0 Å². The van der Waals surface area contributed by atoms with Crippen molar-refractivity contribution in [3.63, 3.8) is 0 Å². The van der Waals surface area contributed by atoms with Gasteiger partial charge in [-0.05, 0) is 31.2 Å². The number of aliphatic hydroxyl groups excluding tert-OH is 1. The maximum atomic E-state index is 10.4. The molecule has 0 radical (unpaired) electrons. The van der Waals surface area contributed by atoms with Gasteiger partial charge in [-0.1, -0.05) is 29.8 Å². The lowest BCUT2D eigenvalue weighted by molar-refractivity contribution is 0.0901. The van der Waals surface area contributed by atoms with E-state index in [0.717, 1.165) is 22.6 Å². The highest BCUT2D eigenvalue weighted by molar-refractivity contribution is 5.75. The average Bonchev–Trinajstić information content (AvgIpc) is 2.92. The van der Waals surface area contributed by atoms with Crippen LogP contribution in [0.15, 0.2) is 48.5 Å². The Morgan fingerprint density at radius 3 is 2.62 bits per heavy atom. The normalized spacial score (nSPS) is 12.5. The maximum absolute atomic E-state index is 10.4. The summed E-state index contributed by atoms with van der Waals surface area (Å²) in [4.78, 5) is 4.57. The van der Waals surface area contributed by atoms with E-state index < -0.39 is 6.10 Å². The number of nitrogens with zero attached hydrogens (tertiary/aromatic N) is 2. The molecule has 3 rings (SSSR count). The standard InChI is InChI=1S/C19H22N2O3/c1-14-7-9-16(10-8-14)24-12-15(22)11-21-18-6-4-3-5-17(18)20-19(21)13-23-2/h3-10,15,22H,11-13H2,1-2H3/t15-/m0/s1. The molecule has 2 aromatic carbocycles. The van der Waals surface area contributed by atoms with Crippen molar-refractivity contribution < 1.29 is 14.6 Å². The van der Waals surface area contributed by atoms with Crippen molar-refractivity contribution in [1.29, 1.82) is 0 Å². The van der Waals surface area contributed by atoms with Crippen LogP contribution in [0.3, 0.4) is 0 Å². The van der Waals surface area contributed by atoms with Crippen molar-refractivity contribution in [3.8, 4) is 5.75 Å². The summed E-state index contributed by atoms with van der Waals surface area (Å²) < 4.78 is 12.9. The Hall–Kier alpha value is -2.37. The van der Waals surface area contributed by atoms with Crippen LogP contribution in [0.5, 0.6) is 5.75 Å². The van der Waals surface area contributed by atoms with E-state index in [9.17, 15) is 5.11 Å². The Morgan fingerprint density at radius 2 is 1.88 bits per heavy atom. The molecule has 0 saturated heterocycles. The third-order valence-electron chi connectivity index (χ3n) is 3.86. The van der Waals surface area contributed by atoms with E-state index in [-0.39, 0.29) is 6.61 Å². The van der Waals surface area contributed by atoms with Gasteiger partial charge in [0.2, 0.25) is 0 Å². The molecule has 1 aromatic heterocycles. The summed E-state index contributed by atoms with van der Waals surface area (Å²) in [6.07, 6.45) is -0.639. The molecule has 1 atom stereocenters. The smallest absolute Gasteiger partial charge is 0.136 e. The first-order chi connectivity index (χ1) is 11.7. The molecule has 5 nitrogen and oxygen atoms in total. The average molecular weight is 326 g/mol. The molecule has 1 N–H and O–H groups in total. The molecule has 24 heavy (non-hydrogen) atoms. The van der Waals surface area contributed by atoms with E-state index in [1.165, 1.54) is 5.56 Å². The number of hydrogen-bond acceptors (Lipinski definition) is 4. The quantitative estimate of drug-likeness (QED) is 0.725. The number of aromatic nitrogens is 2. The van der Waals surface area contributed by atoms with E-state index in [2.05, 4.69) is 4.98 Å². The topological polar surface area (TPSA) is 56.5 Å². The first-order valence-electron chi connectivity index (χ1n) is 7.98. The molecule has 0 bridgehead atoms. The summed E-state index contributed by atoms with van der Waals surface area (Å²) >= 11 is 0. The van der Waals surface area contributed by atoms with Crippen LogP contribution in [0.1, 0.15) is 11.4 Å². The van der Waals surface area contributed by atoms with E-state index in [1.807, 2.05) is 60.0 Å². The second kappa shape index (κ2) is 7.47. The third kappa shape index (κ3) is 3.75. The molecule has 3 aromatic rings. The molecule has 0 saturated carbocycles. The van der Waals surface area contributed by atoms with E-state index in [0.29, 0.717) is 13.2 Å². The molecular weight excluding hydrogens is 304 g/mol. The number of imidazole rings is 1. The first kappa shape index (κ1) is 16.5. The minimum atomic E-state index is -0.639. The minimum absolute atomic E-state index is 0.224. The molecular formula is C19H22N2O3. The highest BCUT2D eigenvalue weighted by Crippen LogP contribution is 2.18. The van der Waals surface area contributed by atoms with Gasteiger partial charge in [0.1, 0.15) is 30.9 Å². The molecule has 0 aliphatic carbocycles. The zero-order valence-corrected chi connectivity index (χ0v) is 14.0. The van der Waals surface area contributed by atoms with Crippen molar-refractivity contribution in [2.45, 2.75) is 26.2 Å². The highest BCUT2D eigenvalue weighted by atomic mass is 16.5. The van der Waals surface area contributed by atoms with E-state index in [1.54, 1.807) is 7.11 Å². The van der Waals surface area contributed by atoms with Gasteiger partial charge in [0.15, 0.2) is 0 Å². The summed E-state index contributed by atoms with van der Waals surface area (Å²) in [7, 11) is 1.64. The van der Waals surface area contributed by atoms with Crippen LogP contribution in [0.25, 0.3) is 11.0 Å². The number of para-hydroxylation sites is 2. The number of fused-ring (bicyclic) bond motifs is 1. The van der Waals surface area contributed by atoms with Gasteiger partial charge >= 0.3 is 0 Å². The summed E-state index contributed by atoms with van der Waals surface area (Å²) in [6, 6.07) is 15.7. The Balaban J connectivity index is 1.71. The SMILES string of the molecule is COCc1nc2ccccc2n1C[C@H](O)COc1ccc(C)cc1. The Bertz CT molecular complexity index is 796. The van der Waals surface area contributed by atoms with Gasteiger partial charge in [0, 0.05) is 7.11 Å². The fourth-order valence-corrected chi connectivity index (χ4v) is 2.66. The fraction of sp³-hybridized carbons (Fsp3) is 0.316. The van der Waals surface area contributed by atoms with E-state index in [4.69, 9.17) is 9.47 Å². The van der Waals surface area contributed by atoms with Crippen molar-refractivity contribution in [1.82, 2.24) is 9.55 Å². The number of rotatable bonds is 7. The zero-order valence-electron chi connectivity index (χ0n) is 14.0. The van der Waals surface area contributed by atoms with Gasteiger partial charge < -0.3 is 19.1 Å². The first-order valence-corrected chi connectivity index (χ1v) is 7.98. The van der Waals surface area contributed by atoms with Crippen molar-refractivity contribution in [2.24, 2.45) is 0 Å². The van der Waals surface area contributed by atoms with Crippen molar-refractivity contribution in [2.75, 3.05) is 13.7 Å². The summed E-state index contributed by atoms with van der Waals surface area (Å²) in [5.41, 5.74) is 3.06. The summed E-state index contributed by atoms with van der Waals surface area (Å²) in [6.45, 7) is 3.06. The molecule has 126 valence electrons. The number of aliphatic hydroxyl groups is 1. The zero-order chi connectivity index (χ0) is 16.9. The van der Waals surface area contributed by atoms with E-state index >= 15 is 0 Å². The second-order valence-corrected chi connectivity index (χ2v) is 5.84. The molecule has 1 heterocycles. The minimum Gasteiger partial charge on any atom is -0.491 e. The van der Waals surface area contributed by atoms with Crippen LogP contribution in [-0.4, -0.2) is 34.5 Å². The highest BCUT2D eigenvalue weighted by Gasteiger charge is 2.14. The molecule has 5 heteroatoms. The van der Waals surface area contributed by atoms with Crippen LogP contribution in [0, 0.1) is 6.92 Å². The largest absolute Gasteiger partial charge is 0.491 e. The van der Waals surface area contributed by atoms with Gasteiger partial charge in [0.25, 0.3) is 0 Å². The fourth-order valence-electron chi connectivity index (χ4n) is 2.66.